The molecule has 7 aromatic rings. The summed E-state index contributed by atoms with van der Waals surface area (Å²) in [5, 5.41) is 2.55. The summed E-state index contributed by atoms with van der Waals surface area (Å²) in [5.41, 5.74) is 8.08. The van der Waals surface area contributed by atoms with E-state index in [-0.39, 0.29) is 0 Å². The van der Waals surface area contributed by atoms with Crippen molar-refractivity contribution in [1.82, 2.24) is 14.5 Å². The second-order valence-corrected chi connectivity index (χ2v) is 10.9. The quantitative estimate of drug-likeness (QED) is 0.251. The number of imidazole rings is 1. The Balaban J connectivity index is 1.62. The van der Waals surface area contributed by atoms with E-state index >= 15 is 0 Å². The third-order valence-electron chi connectivity index (χ3n) is 6.60. The van der Waals surface area contributed by atoms with Crippen molar-refractivity contribution in [2.75, 3.05) is 0 Å². The van der Waals surface area contributed by atoms with Gasteiger partial charge in [-0.2, -0.15) is 0 Å². The molecule has 5 heteroatoms. The summed E-state index contributed by atoms with van der Waals surface area (Å²) in [6, 6.07) is 25.9. The number of nitrogens with zero attached hydrogens (tertiary/aromatic N) is 3. The lowest BCUT2D eigenvalue weighted by Crippen LogP contribution is -2.01. The standard InChI is InChI=1S/C29H21N3S2/c1-16-8-4-6-10-22(16)32-23-11-7-5-9-21(23)31-28(32)24-17(2)12-14-19-25(24)33-27-20-15-13-18(3)30-29(20)34-26(19)27/h4-15H,1-3H3. The maximum atomic E-state index is 5.20. The van der Waals surface area contributed by atoms with Crippen molar-refractivity contribution in [3.63, 3.8) is 0 Å². The van der Waals surface area contributed by atoms with Gasteiger partial charge in [0.2, 0.25) is 0 Å². The van der Waals surface area contributed by atoms with E-state index in [1.54, 1.807) is 11.3 Å². The van der Waals surface area contributed by atoms with E-state index in [1.165, 1.54) is 47.2 Å². The van der Waals surface area contributed by atoms with Gasteiger partial charge in [-0.05, 0) is 62.2 Å². The fourth-order valence-electron chi connectivity index (χ4n) is 4.93. The molecule has 0 saturated carbocycles. The molecule has 0 aliphatic rings. The first-order valence-corrected chi connectivity index (χ1v) is 13.0. The Morgan fingerprint density at radius 3 is 2.29 bits per heavy atom. The van der Waals surface area contributed by atoms with Crippen LogP contribution in [0, 0.1) is 20.8 Å². The summed E-state index contributed by atoms with van der Waals surface area (Å²) in [5.74, 6) is 1.01. The molecule has 0 saturated heterocycles. The SMILES string of the molecule is Cc1ccc2c(n1)sc1c3ccc(C)c(-c4nc5ccccc5n4-c4ccccc4C)c3sc21. The van der Waals surface area contributed by atoms with Gasteiger partial charge in [0.1, 0.15) is 10.7 Å². The zero-order valence-corrected chi connectivity index (χ0v) is 20.7. The van der Waals surface area contributed by atoms with E-state index in [9.17, 15) is 0 Å². The average molecular weight is 476 g/mol. The molecule has 7 rings (SSSR count). The molecular formula is C29H21N3S2. The molecule has 0 spiro atoms. The number of hydrogen-bond donors (Lipinski definition) is 0. The van der Waals surface area contributed by atoms with Crippen LogP contribution in [0.4, 0.5) is 0 Å². The normalized spacial score (nSPS) is 12.0. The monoisotopic (exact) mass is 475 g/mol. The Bertz CT molecular complexity index is 1900. The molecule has 0 N–H and O–H groups in total. The Morgan fingerprint density at radius 2 is 1.41 bits per heavy atom. The summed E-state index contributed by atoms with van der Waals surface area (Å²) in [7, 11) is 0. The van der Waals surface area contributed by atoms with Crippen molar-refractivity contribution in [2.24, 2.45) is 0 Å². The molecule has 0 fully saturated rings. The second kappa shape index (κ2) is 7.23. The first kappa shape index (κ1) is 19.9. The van der Waals surface area contributed by atoms with Crippen LogP contribution < -0.4 is 0 Å². The third kappa shape index (κ3) is 2.74. The van der Waals surface area contributed by atoms with Crippen LogP contribution in [0.3, 0.4) is 0 Å². The second-order valence-electron chi connectivity index (χ2n) is 8.85. The van der Waals surface area contributed by atoms with E-state index in [1.807, 2.05) is 11.3 Å². The molecule has 4 aromatic heterocycles. The Labute approximate surface area is 205 Å². The van der Waals surface area contributed by atoms with Gasteiger partial charge in [-0.25, -0.2) is 9.97 Å². The van der Waals surface area contributed by atoms with Gasteiger partial charge in [0.25, 0.3) is 0 Å². The minimum absolute atomic E-state index is 1.01. The van der Waals surface area contributed by atoms with E-state index in [0.717, 1.165) is 27.4 Å². The highest BCUT2D eigenvalue weighted by molar-refractivity contribution is 7.36. The highest BCUT2D eigenvalue weighted by Gasteiger charge is 2.22. The molecule has 34 heavy (non-hydrogen) atoms. The number of pyridine rings is 1. The van der Waals surface area contributed by atoms with Crippen LogP contribution in [0.1, 0.15) is 16.8 Å². The van der Waals surface area contributed by atoms with Gasteiger partial charge in [-0.3, -0.25) is 4.57 Å². The number of thiophene rings is 2. The van der Waals surface area contributed by atoms with Gasteiger partial charge in [-0.1, -0.05) is 42.5 Å². The maximum absolute atomic E-state index is 5.20. The van der Waals surface area contributed by atoms with Crippen LogP contribution in [0.5, 0.6) is 0 Å². The van der Waals surface area contributed by atoms with Crippen molar-refractivity contribution in [3.8, 4) is 17.1 Å². The van der Waals surface area contributed by atoms with Gasteiger partial charge in [0.15, 0.2) is 0 Å². The molecule has 3 aromatic carbocycles. The lowest BCUT2D eigenvalue weighted by Gasteiger charge is -2.14. The van der Waals surface area contributed by atoms with Crippen LogP contribution in [0.15, 0.2) is 72.8 Å². The summed E-state index contributed by atoms with van der Waals surface area (Å²) in [4.78, 5) is 11.1. The number of benzene rings is 3. The third-order valence-corrected chi connectivity index (χ3v) is 9.12. The number of aromatic nitrogens is 3. The number of rotatable bonds is 2. The number of aryl methyl sites for hydroxylation is 3. The molecule has 0 atom stereocenters. The van der Waals surface area contributed by atoms with E-state index < -0.39 is 0 Å². The Kier molecular flexibility index (Phi) is 4.23. The highest BCUT2D eigenvalue weighted by Crippen LogP contribution is 2.48. The first-order chi connectivity index (χ1) is 16.6. The van der Waals surface area contributed by atoms with Crippen LogP contribution in [0.25, 0.3) is 57.8 Å². The van der Waals surface area contributed by atoms with Crippen LogP contribution in [0.2, 0.25) is 0 Å². The van der Waals surface area contributed by atoms with Gasteiger partial charge < -0.3 is 0 Å². The zero-order valence-electron chi connectivity index (χ0n) is 19.1. The minimum atomic E-state index is 1.01. The summed E-state index contributed by atoms with van der Waals surface area (Å²) < 4.78 is 6.29. The van der Waals surface area contributed by atoms with Crippen molar-refractivity contribution < 1.29 is 0 Å². The largest absolute Gasteiger partial charge is 0.292 e. The van der Waals surface area contributed by atoms with E-state index in [2.05, 4.69) is 98.1 Å². The summed E-state index contributed by atoms with van der Waals surface area (Å²) in [6.45, 7) is 6.43. The average Bonchev–Trinajstić information content (AvgIpc) is 3.48. The maximum Gasteiger partial charge on any atom is 0.147 e. The zero-order chi connectivity index (χ0) is 23.0. The molecule has 0 aliphatic heterocycles. The predicted octanol–water partition coefficient (Wildman–Crippen LogP) is 8.60. The molecule has 0 aliphatic carbocycles. The van der Waals surface area contributed by atoms with Crippen molar-refractivity contribution in [2.45, 2.75) is 20.8 Å². The molecule has 4 heterocycles. The predicted molar refractivity (Wildman–Crippen MR) is 147 cm³/mol. The van der Waals surface area contributed by atoms with Crippen molar-refractivity contribution in [3.05, 3.63) is 89.6 Å². The lowest BCUT2D eigenvalue weighted by atomic mass is 10.0. The molecule has 0 bridgehead atoms. The molecular weight excluding hydrogens is 454 g/mol. The van der Waals surface area contributed by atoms with E-state index in [0.29, 0.717) is 0 Å². The molecule has 164 valence electrons. The van der Waals surface area contributed by atoms with Gasteiger partial charge in [0.05, 0.1) is 26.1 Å². The van der Waals surface area contributed by atoms with Gasteiger partial charge in [-0.15, -0.1) is 22.7 Å². The molecule has 3 nitrogen and oxygen atoms in total. The lowest BCUT2D eigenvalue weighted by molar-refractivity contribution is 1.08. The van der Waals surface area contributed by atoms with Crippen LogP contribution in [-0.4, -0.2) is 14.5 Å². The van der Waals surface area contributed by atoms with Crippen LogP contribution >= 0.6 is 22.7 Å². The molecule has 0 unspecified atom stereocenters. The summed E-state index contributed by atoms with van der Waals surface area (Å²) >= 11 is 3.68. The topological polar surface area (TPSA) is 30.7 Å². The Morgan fingerprint density at radius 1 is 0.647 bits per heavy atom. The highest BCUT2D eigenvalue weighted by atomic mass is 32.1. The van der Waals surface area contributed by atoms with Gasteiger partial charge in [0, 0.05) is 26.7 Å². The number of para-hydroxylation sites is 3. The van der Waals surface area contributed by atoms with E-state index in [4.69, 9.17) is 9.97 Å². The first-order valence-electron chi connectivity index (χ1n) is 11.4. The Hall–Kier alpha value is -3.54. The fraction of sp³-hybridized carbons (Fsp3) is 0.103. The summed E-state index contributed by atoms with van der Waals surface area (Å²) in [6.07, 6.45) is 0. The van der Waals surface area contributed by atoms with Crippen LogP contribution in [-0.2, 0) is 0 Å². The molecule has 0 amide bonds. The van der Waals surface area contributed by atoms with Crippen molar-refractivity contribution >= 4 is 63.4 Å². The molecule has 0 radical (unpaired) electrons. The minimum Gasteiger partial charge on any atom is -0.292 e. The number of fused-ring (bicyclic) bond motifs is 6. The fourth-order valence-corrected chi connectivity index (χ4v) is 7.77. The van der Waals surface area contributed by atoms with Gasteiger partial charge >= 0.3 is 0 Å². The smallest absolute Gasteiger partial charge is 0.147 e. The number of hydrogen-bond acceptors (Lipinski definition) is 4. The van der Waals surface area contributed by atoms with Crippen molar-refractivity contribution in [1.29, 1.82) is 0 Å².